The van der Waals surface area contributed by atoms with Gasteiger partial charge in [0.1, 0.15) is 0 Å². The number of imidazole rings is 1. The van der Waals surface area contributed by atoms with Gasteiger partial charge in [-0.15, -0.1) is 0 Å². The third-order valence-corrected chi connectivity index (χ3v) is 4.61. The summed E-state index contributed by atoms with van der Waals surface area (Å²) in [6.07, 6.45) is 0.238. The molecule has 0 atom stereocenters. The molecule has 6 heteroatoms. The number of carbonyl (C=O) groups excluding carboxylic acids is 1. The van der Waals surface area contributed by atoms with Gasteiger partial charge < -0.3 is 5.32 Å². The highest BCUT2D eigenvalue weighted by atomic mass is 35.5. The first-order chi connectivity index (χ1) is 12.1. The lowest BCUT2D eigenvalue weighted by atomic mass is 10.2. The van der Waals surface area contributed by atoms with Gasteiger partial charge >= 0.3 is 5.69 Å². The van der Waals surface area contributed by atoms with Crippen LogP contribution in [0.4, 0.5) is 0 Å². The molecule has 0 fully saturated rings. The van der Waals surface area contributed by atoms with Gasteiger partial charge in [-0.3, -0.25) is 13.9 Å². The summed E-state index contributed by atoms with van der Waals surface area (Å²) in [6.45, 7) is 3.27. The molecule has 1 aromatic heterocycles. The van der Waals surface area contributed by atoms with E-state index in [1.165, 1.54) is 0 Å². The molecule has 1 heterocycles. The van der Waals surface area contributed by atoms with Crippen molar-refractivity contribution in [1.29, 1.82) is 0 Å². The van der Waals surface area contributed by atoms with E-state index in [-0.39, 0.29) is 18.0 Å². The van der Waals surface area contributed by atoms with E-state index in [0.29, 0.717) is 24.7 Å². The number of nitrogens with one attached hydrogen (secondary N) is 1. The number of aromatic nitrogens is 2. The van der Waals surface area contributed by atoms with Gasteiger partial charge in [0.2, 0.25) is 5.91 Å². The number of para-hydroxylation sites is 2. The second-order valence-corrected chi connectivity index (χ2v) is 6.19. The number of rotatable bonds is 6. The van der Waals surface area contributed by atoms with Crippen molar-refractivity contribution in [2.45, 2.75) is 33.0 Å². The quantitative estimate of drug-likeness (QED) is 0.736. The normalized spacial score (nSPS) is 11.0. The molecule has 0 aliphatic rings. The van der Waals surface area contributed by atoms with Gasteiger partial charge in [-0.1, -0.05) is 41.9 Å². The maximum absolute atomic E-state index is 12.5. The maximum atomic E-state index is 12.5. The number of halogens is 1. The van der Waals surface area contributed by atoms with Crippen LogP contribution in [0.1, 0.15) is 18.9 Å². The smallest absolute Gasteiger partial charge is 0.329 e. The third-order valence-electron chi connectivity index (χ3n) is 4.24. The number of hydrogen-bond donors (Lipinski definition) is 1. The highest BCUT2D eigenvalue weighted by molar-refractivity contribution is 6.31. The van der Waals surface area contributed by atoms with Crippen LogP contribution < -0.4 is 11.0 Å². The second-order valence-electron chi connectivity index (χ2n) is 5.79. The van der Waals surface area contributed by atoms with Crippen LogP contribution in [-0.4, -0.2) is 15.0 Å². The Bertz CT molecular complexity index is 959. The fourth-order valence-corrected chi connectivity index (χ4v) is 3.13. The lowest BCUT2D eigenvalue weighted by Gasteiger charge is -2.07. The van der Waals surface area contributed by atoms with Crippen molar-refractivity contribution >= 4 is 28.5 Å². The van der Waals surface area contributed by atoms with E-state index in [1.807, 2.05) is 49.4 Å². The van der Waals surface area contributed by atoms with Gasteiger partial charge in [-0.25, -0.2) is 4.79 Å². The lowest BCUT2D eigenvalue weighted by Crippen LogP contribution is -2.28. The number of carbonyl (C=O) groups is 1. The monoisotopic (exact) mass is 357 g/mol. The van der Waals surface area contributed by atoms with Crippen LogP contribution in [0.3, 0.4) is 0 Å². The Kier molecular flexibility index (Phi) is 5.24. The zero-order chi connectivity index (χ0) is 17.8. The number of amides is 1. The van der Waals surface area contributed by atoms with Gasteiger partial charge in [0.05, 0.1) is 11.0 Å². The summed E-state index contributed by atoms with van der Waals surface area (Å²) in [5.41, 5.74) is 2.54. The zero-order valence-corrected chi connectivity index (χ0v) is 14.8. The fraction of sp³-hybridized carbons (Fsp3) is 0.263. The summed E-state index contributed by atoms with van der Waals surface area (Å²) in [4.78, 5) is 24.7. The zero-order valence-electron chi connectivity index (χ0n) is 14.0. The molecule has 3 rings (SSSR count). The number of nitrogens with zero attached hydrogens (tertiary/aromatic N) is 2. The number of fused-ring (bicyclic) bond motifs is 1. The van der Waals surface area contributed by atoms with Crippen LogP contribution in [-0.2, 0) is 24.4 Å². The maximum Gasteiger partial charge on any atom is 0.329 e. The first kappa shape index (κ1) is 17.3. The van der Waals surface area contributed by atoms with Crippen molar-refractivity contribution in [2.75, 3.05) is 0 Å². The summed E-state index contributed by atoms with van der Waals surface area (Å²) in [5.74, 6) is -0.111. The van der Waals surface area contributed by atoms with E-state index in [4.69, 9.17) is 11.6 Å². The molecule has 0 saturated heterocycles. The summed E-state index contributed by atoms with van der Waals surface area (Å²) in [5, 5.41) is 3.48. The van der Waals surface area contributed by atoms with E-state index in [1.54, 1.807) is 15.2 Å². The van der Waals surface area contributed by atoms with E-state index in [0.717, 1.165) is 16.6 Å². The molecule has 0 radical (unpaired) electrons. The first-order valence-corrected chi connectivity index (χ1v) is 8.67. The Labute approximate surface area is 150 Å². The fourth-order valence-electron chi connectivity index (χ4n) is 2.93. The Morgan fingerprint density at radius 2 is 1.68 bits per heavy atom. The van der Waals surface area contributed by atoms with Crippen molar-refractivity contribution in [3.05, 3.63) is 69.6 Å². The van der Waals surface area contributed by atoms with Crippen LogP contribution in [0.25, 0.3) is 11.0 Å². The molecule has 2 aromatic carbocycles. The van der Waals surface area contributed by atoms with E-state index >= 15 is 0 Å². The van der Waals surface area contributed by atoms with E-state index in [2.05, 4.69) is 5.32 Å². The van der Waals surface area contributed by atoms with Gasteiger partial charge in [-0.2, -0.15) is 0 Å². The second kappa shape index (κ2) is 7.57. The molecular weight excluding hydrogens is 338 g/mol. The Morgan fingerprint density at radius 3 is 2.36 bits per heavy atom. The van der Waals surface area contributed by atoms with Gasteiger partial charge in [0.25, 0.3) is 0 Å². The average Bonchev–Trinajstić information content (AvgIpc) is 2.90. The van der Waals surface area contributed by atoms with Gasteiger partial charge in [0.15, 0.2) is 0 Å². The molecule has 25 heavy (non-hydrogen) atoms. The van der Waals surface area contributed by atoms with E-state index < -0.39 is 0 Å². The summed E-state index contributed by atoms with van der Waals surface area (Å²) in [6, 6.07) is 15.0. The molecular formula is C19H20ClN3O2. The Morgan fingerprint density at radius 1 is 1.04 bits per heavy atom. The molecule has 0 bridgehead atoms. The van der Waals surface area contributed by atoms with Crippen LogP contribution >= 0.6 is 11.6 Å². The molecule has 0 unspecified atom stereocenters. The van der Waals surface area contributed by atoms with Crippen molar-refractivity contribution in [2.24, 2.45) is 0 Å². The molecule has 0 aliphatic carbocycles. The standard InChI is InChI=1S/C19H20ClN3O2/c1-2-22-16-9-5-6-10-17(16)23(19(22)25)12-11-18(24)21-13-14-7-3-4-8-15(14)20/h3-10H,2,11-13H2,1H3,(H,21,24). The predicted octanol–water partition coefficient (Wildman–Crippen LogP) is 3.18. The third kappa shape index (κ3) is 3.61. The number of benzene rings is 2. The van der Waals surface area contributed by atoms with Gasteiger partial charge in [0, 0.05) is 31.1 Å². The van der Waals surface area contributed by atoms with Crippen molar-refractivity contribution in [3.63, 3.8) is 0 Å². The largest absolute Gasteiger partial charge is 0.352 e. The SMILES string of the molecule is CCn1c(=O)n(CCC(=O)NCc2ccccc2Cl)c2ccccc21. The lowest BCUT2D eigenvalue weighted by molar-refractivity contribution is -0.121. The van der Waals surface area contributed by atoms with Crippen molar-refractivity contribution in [1.82, 2.24) is 14.5 Å². The summed E-state index contributed by atoms with van der Waals surface area (Å²) >= 11 is 6.09. The Hall–Kier alpha value is -2.53. The van der Waals surface area contributed by atoms with E-state index in [9.17, 15) is 9.59 Å². The summed E-state index contributed by atoms with van der Waals surface area (Å²) < 4.78 is 3.38. The first-order valence-electron chi connectivity index (χ1n) is 8.30. The van der Waals surface area contributed by atoms with Gasteiger partial charge in [-0.05, 0) is 30.7 Å². The van der Waals surface area contributed by atoms with Crippen LogP contribution in [0, 0.1) is 0 Å². The molecule has 0 spiro atoms. The molecule has 0 aliphatic heterocycles. The number of aryl methyl sites for hydroxylation is 2. The van der Waals surface area contributed by atoms with Crippen molar-refractivity contribution in [3.8, 4) is 0 Å². The highest BCUT2D eigenvalue weighted by Gasteiger charge is 2.12. The molecule has 3 aromatic rings. The molecule has 0 saturated carbocycles. The minimum absolute atomic E-state index is 0.0809. The minimum Gasteiger partial charge on any atom is -0.352 e. The molecule has 5 nitrogen and oxygen atoms in total. The molecule has 1 amide bonds. The predicted molar refractivity (Wildman–Crippen MR) is 99.8 cm³/mol. The van der Waals surface area contributed by atoms with Crippen LogP contribution in [0.15, 0.2) is 53.3 Å². The topological polar surface area (TPSA) is 56.0 Å². The average molecular weight is 358 g/mol. The minimum atomic E-state index is -0.111. The molecule has 1 N–H and O–H groups in total. The number of hydrogen-bond acceptors (Lipinski definition) is 2. The highest BCUT2D eigenvalue weighted by Crippen LogP contribution is 2.15. The van der Waals surface area contributed by atoms with Crippen molar-refractivity contribution < 1.29 is 4.79 Å². The Balaban J connectivity index is 1.69. The van der Waals surface area contributed by atoms with Crippen LogP contribution in [0.2, 0.25) is 5.02 Å². The molecule has 130 valence electrons. The summed E-state index contributed by atoms with van der Waals surface area (Å²) in [7, 11) is 0. The van der Waals surface area contributed by atoms with Crippen LogP contribution in [0.5, 0.6) is 0 Å².